The Hall–Kier alpha value is -1.72. The van der Waals surface area contributed by atoms with E-state index in [0.717, 1.165) is 31.6 Å². The number of nitrogens with zero attached hydrogens (tertiary/aromatic N) is 1. The molecule has 0 saturated carbocycles. The third-order valence-corrected chi connectivity index (χ3v) is 3.52. The third-order valence-electron chi connectivity index (χ3n) is 3.52. The van der Waals surface area contributed by atoms with Crippen molar-refractivity contribution in [2.75, 3.05) is 32.7 Å². The highest BCUT2D eigenvalue weighted by Gasteiger charge is 2.17. The molecule has 0 bridgehead atoms. The van der Waals surface area contributed by atoms with Gasteiger partial charge in [-0.3, -0.25) is 9.69 Å². The summed E-state index contributed by atoms with van der Waals surface area (Å²) in [6.07, 6.45) is 1.68. The Labute approximate surface area is 110 Å². The maximum absolute atomic E-state index is 13.1. The second-order valence-electron chi connectivity index (χ2n) is 4.84. The second-order valence-corrected chi connectivity index (χ2v) is 4.84. The molecule has 100 valence electrons. The van der Waals surface area contributed by atoms with Gasteiger partial charge in [-0.05, 0) is 18.2 Å². The van der Waals surface area contributed by atoms with Crippen LogP contribution in [0.25, 0.3) is 10.9 Å². The second kappa shape index (κ2) is 5.11. The van der Waals surface area contributed by atoms with Gasteiger partial charge in [-0.1, -0.05) is 0 Å². The molecule has 3 rings (SSSR count). The van der Waals surface area contributed by atoms with E-state index in [0.29, 0.717) is 17.6 Å². The maximum Gasteiger partial charge on any atom is 0.178 e. The zero-order valence-corrected chi connectivity index (χ0v) is 10.6. The van der Waals surface area contributed by atoms with Crippen LogP contribution < -0.4 is 5.32 Å². The van der Waals surface area contributed by atoms with E-state index in [-0.39, 0.29) is 11.6 Å². The van der Waals surface area contributed by atoms with E-state index in [9.17, 15) is 9.18 Å². The molecular weight excluding hydrogens is 245 g/mol. The predicted octanol–water partition coefficient (Wildman–Crippen LogP) is 1.39. The van der Waals surface area contributed by atoms with Crippen molar-refractivity contribution in [2.45, 2.75) is 0 Å². The van der Waals surface area contributed by atoms with Gasteiger partial charge < -0.3 is 10.3 Å². The van der Waals surface area contributed by atoms with Gasteiger partial charge in [-0.2, -0.15) is 0 Å². The van der Waals surface area contributed by atoms with Crippen molar-refractivity contribution < 1.29 is 9.18 Å². The lowest BCUT2D eigenvalue weighted by atomic mass is 10.1. The van der Waals surface area contributed by atoms with Crippen molar-refractivity contribution in [3.63, 3.8) is 0 Å². The Morgan fingerprint density at radius 1 is 1.32 bits per heavy atom. The Kier molecular flexibility index (Phi) is 3.31. The average molecular weight is 261 g/mol. The number of Topliss-reactive ketones (excluding diaryl/α,β-unsaturated/α-hetero) is 1. The summed E-state index contributed by atoms with van der Waals surface area (Å²) in [6.45, 7) is 4.05. The first-order chi connectivity index (χ1) is 9.24. The molecule has 2 N–H and O–H groups in total. The van der Waals surface area contributed by atoms with Crippen LogP contribution in [0.4, 0.5) is 4.39 Å². The van der Waals surface area contributed by atoms with Gasteiger partial charge in [0.2, 0.25) is 0 Å². The number of halogens is 1. The van der Waals surface area contributed by atoms with E-state index in [1.807, 2.05) is 0 Å². The van der Waals surface area contributed by atoms with Crippen LogP contribution in [0, 0.1) is 5.82 Å². The summed E-state index contributed by atoms with van der Waals surface area (Å²) in [6, 6.07) is 4.46. The quantitative estimate of drug-likeness (QED) is 0.821. The van der Waals surface area contributed by atoms with E-state index in [1.54, 1.807) is 12.3 Å². The number of H-pyrrole nitrogens is 1. The zero-order valence-electron chi connectivity index (χ0n) is 10.6. The van der Waals surface area contributed by atoms with Crippen LogP contribution in [0.15, 0.2) is 24.4 Å². The van der Waals surface area contributed by atoms with Crippen molar-refractivity contribution in [1.29, 1.82) is 0 Å². The van der Waals surface area contributed by atoms with Crippen molar-refractivity contribution >= 4 is 16.7 Å². The van der Waals surface area contributed by atoms with Crippen LogP contribution in [-0.2, 0) is 0 Å². The maximum atomic E-state index is 13.1. The fourth-order valence-electron chi connectivity index (χ4n) is 2.49. The van der Waals surface area contributed by atoms with Crippen molar-refractivity contribution in [2.24, 2.45) is 0 Å². The molecule has 1 aliphatic heterocycles. The number of aromatic nitrogens is 1. The number of hydrogen-bond donors (Lipinski definition) is 2. The number of ketones is 1. The molecule has 1 aliphatic rings. The highest BCUT2D eigenvalue weighted by atomic mass is 19.1. The fourth-order valence-corrected chi connectivity index (χ4v) is 2.49. The molecule has 19 heavy (non-hydrogen) atoms. The van der Waals surface area contributed by atoms with E-state index in [4.69, 9.17) is 0 Å². The smallest absolute Gasteiger partial charge is 0.178 e. The van der Waals surface area contributed by atoms with Gasteiger partial charge >= 0.3 is 0 Å². The SMILES string of the molecule is O=C(CN1CCNCC1)c1c[nH]c2cc(F)ccc12. The Morgan fingerprint density at radius 3 is 2.89 bits per heavy atom. The zero-order chi connectivity index (χ0) is 13.2. The average Bonchev–Trinajstić information content (AvgIpc) is 2.82. The number of carbonyl (C=O) groups excluding carboxylic acids is 1. The predicted molar refractivity (Wildman–Crippen MR) is 71.9 cm³/mol. The minimum absolute atomic E-state index is 0.0831. The largest absolute Gasteiger partial charge is 0.360 e. The summed E-state index contributed by atoms with van der Waals surface area (Å²) in [7, 11) is 0. The van der Waals surface area contributed by atoms with Gasteiger partial charge in [0, 0.05) is 48.8 Å². The number of rotatable bonds is 3. The Balaban J connectivity index is 1.81. The van der Waals surface area contributed by atoms with E-state index in [1.165, 1.54) is 12.1 Å². The van der Waals surface area contributed by atoms with Crippen LogP contribution in [0.1, 0.15) is 10.4 Å². The van der Waals surface area contributed by atoms with Crippen molar-refractivity contribution in [3.8, 4) is 0 Å². The summed E-state index contributed by atoms with van der Waals surface area (Å²) < 4.78 is 13.1. The van der Waals surface area contributed by atoms with Crippen molar-refractivity contribution in [3.05, 3.63) is 35.8 Å². The Morgan fingerprint density at radius 2 is 2.11 bits per heavy atom. The monoisotopic (exact) mass is 261 g/mol. The van der Waals surface area contributed by atoms with Crippen LogP contribution in [0.2, 0.25) is 0 Å². The highest BCUT2D eigenvalue weighted by molar-refractivity contribution is 6.08. The van der Waals surface area contributed by atoms with Gasteiger partial charge in [-0.15, -0.1) is 0 Å². The lowest BCUT2D eigenvalue weighted by Gasteiger charge is -2.26. The fraction of sp³-hybridized carbons (Fsp3) is 0.357. The van der Waals surface area contributed by atoms with E-state index in [2.05, 4.69) is 15.2 Å². The standard InChI is InChI=1S/C14H16FN3O/c15-10-1-2-11-12(8-17-13(11)7-10)14(19)9-18-5-3-16-4-6-18/h1-2,7-8,16-17H,3-6,9H2. The molecule has 1 aromatic carbocycles. The van der Waals surface area contributed by atoms with E-state index < -0.39 is 0 Å². The van der Waals surface area contributed by atoms with Gasteiger partial charge in [-0.25, -0.2) is 4.39 Å². The number of piperazine rings is 1. The van der Waals surface area contributed by atoms with Crippen LogP contribution in [-0.4, -0.2) is 48.4 Å². The minimum Gasteiger partial charge on any atom is -0.360 e. The number of fused-ring (bicyclic) bond motifs is 1. The van der Waals surface area contributed by atoms with Gasteiger partial charge in [0.1, 0.15) is 5.82 Å². The number of hydrogen-bond acceptors (Lipinski definition) is 3. The molecule has 0 amide bonds. The first kappa shape index (κ1) is 12.3. The molecule has 4 nitrogen and oxygen atoms in total. The lowest BCUT2D eigenvalue weighted by Crippen LogP contribution is -2.45. The molecule has 0 atom stereocenters. The Bertz CT molecular complexity index is 602. The highest BCUT2D eigenvalue weighted by Crippen LogP contribution is 2.20. The lowest BCUT2D eigenvalue weighted by molar-refractivity contribution is 0.0923. The molecule has 0 spiro atoms. The molecule has 0 unspecified atom stereocenters. The molecule has 1 saturated heterocycles. The molecule has 0 aliphatic carbocycles. The summed E-state index contributed by atoms with van der Waals surface area (Å²) in [5.41, 5.74) is 1.32. The van der Waals surface area contributed by atoms with Crippen molar-refractivity contribution in [1.82, 2.24) is 15.2 Å². The molecule has 5 heteroatoms. The third kappa shape index (κ3) is 2.52. The topological polar surface area (TPSA) is 48.1 Å². The van der Waals surface area contributed by atoms with Crippen LogP contribution in [0.5, 0.6) is 0 Å². The minimum atomic E-state index is -0.296. The molecule has 0 radical (unpaired) electrons. The van der Waals surface area contributed by atoms with Gasteiger partial charge in [0.25, 0.3) is 0 Å². The number of benzene rings is 1. The van der Waals surface area contributed by atoms with E-state index >= 15 is 0 Å². The molecule has 2 aromatic rings. The number of aromatic amines is 1. The van der Waals surface area contributed by atoms with Crippen LogP contribution >= 0.6 is 0 Å². The van der Waals surface area contributed by atoms with Gasteiger partial charge in [0.15, 0.2) is 5.78 Å². The first-order valence-corrected chi connectivity index (χ1v) is 6.47. The number of carbonyl (C=O) groups is 1. The first-order valence-electron chi connectivity index (χ1n) is 6.47. The summed E-state index contributed by atoms with van der Waals surface area (Å²) >= 11 is 0. The molecule has 1 fully saturated rings. The molecular formula is C14H16FN3O. The summed E-state index contributed by atoms with van der Waals surface area (Å²) in [4.78, 5) is 17.4. The normalized spacial score (nSPS) is 16.9. The summed E-state index contributed by atoms with van der Waals surface area (Å²) in [5.74, 6) is -0.213. The van der Waals surface area contributed by atoms with Gasteiger partial charge in [0.05, 0.1) is 6.54 Å². The van der Waals surface area contributed by atoms with Crippen LogP contribution in [0.3, 0.4) is 0 Å². The molecule has 1 aromatic heterocycles. The molecule has 2 heterocycles. The number of nitrogens with one attached hydrogen (secondary N) is 2. The summed E-state index contributed by atoms with van der Waals surface area (Å²) in [5, 5.41) is 4.05.